The van der Waals surface area contributed by atoms with Crippen LogP contribution in [0.1, 0.15) is 61.8 Å². The Morgan fingerprint density at radius 2 is 0.889 bits per heavy atom. The van der Waals surface area contributed by atoms with Gasteiger partial charge in [0.2, 0.25) is 0 Å². The van der Waals surface area contributed by atoms with Crippen molar-refractivity contribution in [2.24, 2.45) is 11.8 Å². The molecule has 0 saturated carbocycles. The highest BCUT2D eigenvalue weighted by molar-refractivity contribution is 5.91. The van der Waals surface area contributed by atoms with Crippen LogP contribution in [-0.2, 0) is 45.2 Å². The molecule has 284 valence electrons. The molecule has 2 heterocycles. The summed E-state index contributed by atoms with van der Waals surface area (Å²) in [6.07, 6.45) is 8.15. The number of hydrogen-bond donors (Lipinski definition) is 0. The van der Waals surface area contributed by atoms with Gasteiger partial charge >= 0.3 is 11.9 Å². The molecule has 6 rings (SSSR count). The summed E-state index contributed by atoms with van der Waals surface area (Å²) in [5.41, 5.74) is 7.76. The van der Waals surface area contributed by atoms with Gasteiger partial charge in [0, 0.05) is 75.9 Å². The normalized spacial score (nSPS) is 16.0. The van der Waals surface area contributed by atoms with Gasteiger partial charge in [-0.15, -0.1) is 10.1 Å². The smallest absolute Gasteiger partial charge is 0.349 e. The number of carbonyl (C=O) groups is 2. The van der Waals surface area contributed by atoms with Crippen LogP contribution in [0.25, 0.3) is 0 Å². The summed E-state index contributed by atoms with van der Waals surface area (Å²) in [6, 6.07) is 39.0. The van der Waals surface area contributed by atoms with E-state index in [1.54, 1.807) is 10.1 Å². The van der Waals surface area contributed by atoms with E-state index >= 15 is 0 Å². The van der Waals surface area contributed by atoms with E-state index in [4.69, 9.17) is 9.68 Å². The van der Waals surface area contributed by atoms with Crippen LogP contribution < -0.4 is 9.80 Å². The van der Waals surface area contributed by atoms with E-state index in [-0.39, 0.29) is 0 Å². The van der Waals surface area contributed by atoms with Crippen molar-refractivity contribution in [3.8, 4) is 0 Å². The molecule has 8 nitrogen and oxygen atoms in total. The Morgan fingerprint density at radius 3 is 1.22 bits per heavy atom. The van der Waals surface area contributed by atoms with Crippen molar-refractivity contribution in [1.82, 2.24) is 10.1 Å². The molecule has 0 bridgehead atoms. The fourth-order valence-corrected chi connectivity index (χ4v) is 7.59. The second-order valence-corrected chi connectivity index (χ2v) is 14.6. The first kappa shape index (κ1) is 38.8. The zero-order valence-corrected chi connectivity index (χ0v) is 32.0. The molecule has 0 unspecified atom stereocenters. The van der Waals surface area contributed by atoms with Crippen molar-refractivity contribution in [3.05, 3.63) is 144 Å². The minimum Gasteiger partial charge on any atom is -0.367 e. The van der Waals surface area contributed by atoms with Crippen LogP contribution in [0.3, 0.4) is 0 Å². The lowest BCUT2D eigenvalue weighted by molar-refractivity contribution is -0.193. The SMILES string of the molecule is CCN(Cc1ccccc1)c1ccc(CC2CCN(OC(=O)/C=C/C(=O)ON3CCC(Cc4ccc(N(CC)Cc5ccccc5)cc4)CC3)CC2)cc1. The van der Waals surface area contributed by atoms with Gasteiger partial charge in [-0.25, -0.2) is 9.59 Å². The van der Waals surface area contributed by atoms with Crippen molar-refractivity contribution in [2.45, 2.75) is 65.5 Å². The maximum absolute atomic E-state index is 12.5. The van der Waals surface area contributed by atoms with Crippen LogP contribution in [0.15, 0.2) is 121 Å². The van der Waals surface area contributed by atoms with Gasteiger partial charge in [0.05, 0.1) is 0 Å². The number of piperidine rings is 2. The molecule has 2 aliphatic rings. The molecule has 2 saturated heterocycles. The molecule has 54 heavy (non-hydrogen) atoms. The van der Waals surface area contributed by atoms with Crippen LogP contribution in [-0.4, -0.2) is 61.3 Å². The quantitative estimate of drug-likeness (QED) is 0.107. The fourth-order valence-electron chi connectivity index (χ4n) is 7.59. The Labute approximate surface area is 321 Å². The number of nitrogens with zero attached hydrogens (tertiary/aromatic N) is 4. The summed E-state index contributed by atoms with van der Waals surface area (Å²) in [7, 11) is 0. The molecule has 0 radical (unpaired) electrons. The lowest BCUT2D eigenvalue weighted by Crippen LogP contribution is -2.36. The Kier molecular flexibility index (Phi) is 14.3. The van der Waals surface area contributed by atoms with Gasteiger partial charge in [-0.3, -0.25) is 0 Å². The second kappa shape index (κ2) is 20.0. The maximum Gasteiger partial charge on any atom is 0.349 e. The zero-order valence-electron chi connectivity index (χ0n) is 32.0. The molecule has 0 amide bonds. The van der Waals surface area contributed by atoms with Gasteiger partial charge in [-0.05, 0) is 111 Å². The average molecular weight is 729 g/mol. The van der Waals surface area contributed by atoms with Gasteiger partial charge in [0.25, 0.3) is 0 Å². The number of benzene rings is 4. The largest absolute Gasteiger partial charge is 0.367 e. The Bertz CT molecular complexity index is 1620. The predicted molar refractivity (Wildman–Crippen MR) is 217 cm³/mol. The molecule has 2 fully saturated rings. The zero-order chi connectivity index (χ0) is 37.5. The topological polar surface area (TPSA) is 65.6 Å². The minimum atomic E-state index is -0.552. The number of rotatable bonds is 16. The van der Waals surface area contributed by atoms with E-state index < -0.39 is 11.9 Å². The van der Waals surface area contributed by atoms with E-state index in [0.29, 0.717) is 38.0 Å². The van der Waals surface area contributed by atoms with Gasteiger partial charge in [-0.2, -0.15) is 0 Å². The number of anilines is 2. The van der Waals surface area contributed by atoms with Crippen molar-refractivity contribution >= 4 is 23.3 Å². The molecule has 0 atom stereocenters. The summed E-state index contributed by atoms with van der Waals surface area (Å²) < 4.78 is 0. The summed E-state index contributed by atoms with van der Waals surface area (Å²) >= 11 is 0. The monoisotopic (exact) mass is 728 g/mol. The number of carbonyl (C=O) groups excluding carboxylic acids is 2. The average Bonchev–Trinajstić information content (AvgIpc) is 3.21. The molecule has 8 heteroatoms. The van der Waals surface area contributed by atoms with Crippen molar-refractivity contribution in [2.75, 3.05) is 49.1 Å². The Morgan fingerprint density at radius 1 is 0.537 bits per heavy atom. The highest BCUT2D eigenvalue weighted by Crippen LogP contribution is 2.26. The van der Waals surface area contributed by atoms with Crippen molar-refractivity contribution < 1.29 is 19.3 Å². The first-order valence-electron chi connectivity index (χ1n) is 19.8. The Hall–Kier alpha value is -4.92. The first-order valence-corrected chi connectivity index (χ1v) is 19.8. The van der Waals surface area contributed by atoms with E-state index in [1.165, 1.54) is 45.8 Å². The summed E-state index contributed by atoms with van der Waals surface area (Å²) in [4.78, 5) is 40.9. The van der Waals surface area contributed by atoms with Crippen LogP contribution in [0, 0.1) is 11.8 Å². The van der Waals surface area contributed by atoms with E-state index in [1.807, 2.05) is 0 Å². The standard InChI is InChI=1S/C46H56N4O4/c1-3-47(35-41-11-7-5-8-12-41)43-19-15-37(16-20-43)33-39-25-29-49(30-26-39)53-45(51)23-24-46(52)54-50-31-27-40(28-32-50)34-38-17-21-44(22-18-38)48(4-2)36-42-13-9-6-10-14-42/h5-24,39-40H,3-4,25-36H2,1-2H3/b24-23+. The van der Waals surface area contributed by atoms with E-state index in [9.17, 15) is 9.59 Å². The van der Waals surface area contributed by atoms with Crippen LogP contribution in [0.4, 0.5) is 11.4 Å². The van der Waals surface area contributed by atoms with E-state index in [2.05, 4.69) is 133 Å². The molecule has 4 aromatic carbocycles. The number of hydroxylamine groups is 4. The first-order chi connectivity index (χ1) is 26.4. The summed E-state index contributed by atoms with van der Waals surface area (Å²) in [5, 5.41) is 3.42. The third kappa shape index (κ3) is 11.8. The van der Waals surface area contributed by atoms with Crippen LogP contribution >= 0.6 is 0 Å². The molecule has 0 N–H and O–H groups in total. The lowest BCUT2D eigenvalue weighted by atomic mass is 9.91. The summed E-state index contributed by atoms with van der Waals surface area (Å²) in [6.45, 7) is 10.8. The van der Waals surface area contributed by atoms with Gasteiger partial charge in [0.1, 0.15) is 0 Å². The highest BCUT2D eigenvalue weighted by Gasteiger charge is 2.24. The van der Waals surface area contributed by atoms with Gasteiger partial charge in [0.15, 0.2) is 0 Å². The third-order valence-electron chi connectivity index (χ3n) is 10.8. The second-order valence-electron chi connectivity index (χ2n) is 14.6. The lowest BCUT2D eigenvalue weighted by Gasteiger charge is -2.30. The molecule has 0 spiro atoms. The molecule has 0 aromatic heterocycles. The van der Waals surface area contributed by atoms with Crippen molar-refractivity contribution in [1.29, 1.82) is 0 Å². The molecule has 4 aromatic rings. The number of hydrogen-bond acceptors (Lipinski definition) is 8. The maximum atomic E-state index is 12.5. The fraction of sp³-hybridized carbons (Fsp3) is 0.391. The van der Waals surface area contributed by atoms with Crippen molar-refractivity contribution in [3.63, 3.8) is 0 Å². The predicted octanol–water partition coefficient (Wildman–Crippen LogP) is 8.42. The van der Waals surface area contributed by atoms with Crippen LogP contribution in [0.2, 0.25) is 0 Å². The summed E-state index contributed by atoms with van der Waals surface area (Å²) in [5.74, 6) is -0.0308. The van der Waals surface area contributed by atoms with Crippen LogP contribution in [0.5, 0.6) is 0 Å². The Balaban J connectivity index is 0.851. The third-order valence-corrected chi connectivity index (χ3v) is 10.8. The van der Waals surface area contributed by atoms with Gasteiger partial charge < -0.3 is 19.5 Å². The molecular formula is C46H56N4O4. The molecule has 0 aliphatic carbocycles. The minimum absolute atomic E-state index is 0.537. The molecule has 2 aliphatic heterocycles. The van der Waals surface area contributed by atoms with Gasteiger partial charge in [-0.1, -0.05) is 84.9 Å². The van der Waals surface area contributed by atoms with E-state index in [0.717, 1.165) is 64.7 Å². The molecular weight excluding hydrogens is 673 g/mol. The highest BCUT2D eigenvalue weighted by atomic mass is 16.7.